The second-order valence-corrected chi connectivity index (χ2v) is 6.14. The van der Waals surface area contributed by atoms with Gasteiger partial charge in [-0.15, -0.1) is 0 Å². The smallest absolute Gasteiger partial charge is 0.307 e. The summed E-state index contributed by atoms with van der Waals surface area (Å²) in [4.78, 5) is 25.0. The van der Waals surface area contributed by atoms with Crippen LogP contribution in [0.2, 0.25) is 0 Å². The normalized spacial score (nSPS) is 23.1. The Kier molecular flexibility index (Phi) is 3.43. The lowest BCUT2D eigenvalue weighted by Crippen LogP contribution is -2.40. The molecule has 1 aliphatic carbocycles. The van der Waals surface area contributed by atoms with Crippen LogP contribution >= 0.6 is 0 Å². The molecule has 21 heavy (non-hydrogen) atoms. The SMILES string of the molecule is O=C(O)C1CC12CCN(C(=O)Cc1cccc(F)c1)CC2. The molecule has 1 atom stereocenters. The van der Waals surface area contributed by atoms with Gasteiger partial charge in [0.2, 0.25) is 5.91 Å². The number of carboxylic acid groups (broad SMARTS) is 1. The van der Waals surface area contributed by atoms with E-state index in [1.807, 2.05) is 0 Å². The number of carboxylic acids is 1. The highest BCUT2D eigenvalue weighted by atomic mass is 19.1. The molecule has 1 N–H and O–H groups in total. The van der Waals surface area contributed by atoms with Crippen LogP contribution in [0.15, 0.2) is 24.3 Å². The van der Waals surface area contributed by atoms with Gasteiger partial charge in [-0.05, 0) is 42.4 Å². The van der Waals surface area contributed by atoms with Crippen LogP contribution in [0.4, 0.5) is 4.39 Å². The minimum absolute atomic E-state index is 0.0111. The van der Waals surface area contributed by atoms with Gasteiger partial charge in [0.15, 0.2) is 0 Å². The zero-order valence-corrected chi connectivity index (χ0v) is 11.7. The standard InChI is InChI=1S/C16H18FNO3/c17-12-3-1-2-11(8-12)9-14(19)18-6-4-16(5-7-18)10-13(16)15(20)21/h1-3,8,13H,4-7,9-10H2,(H,20,21). The Labute approximate surface area is 122 Å². The molecule has 1 unspecified atom stereocenters. The average molecular weight is 291 g/mol. The number of hydrogen-bond donors (Lipinski definition) is 1. The summed E-state index contributed by atoms with van der Waals surface area (Å²) >= 11 is 0. The molecule has 0 radical (unpaired) electrons. The average Bonchev–Trinajstić information content (AvgIpc) is 3.14. The molecule has 1 aromatic rings. The van der Waals surface area contributed by atoms with Crippen LogP contribution in [0, 0.1) is 17.2 Å². The molecule has 0 bridgehead atoms. The fourth-order valence-electron chi connectivity index (χ4n) is 3.38. The van der Waals surface area contributed by atoms with Gasteiger partial charge in [0, 0.05) is 13.1 Å². The Hall–Kier alpha value is -1.91. The lowest BCUT2D eigenvalue weighted by molar-refractivity contribution is -0.139. The van der Waals surface area contributed by atoms with Crippen LogP contribution in [-0.4, -0.2) is 35.0 Å². The Morgan fingerprint density at radius 1 is 1.33 bits per heavy atom. The van der Waals surface area contributed by atoms with Crippen molar-refractivity contribution in [3.8, 4) is 0 Å². The molecular formula is C16H18FNO3. The van der Waals surface area contributed by atoms with Crippen LogP contribution in [0.1, 0.15) is 24.8 Å². The Bertz CT molecular complexity index is 579. The highest BCUT2D eigenvalue weighted by Crippen LogP contribution is 2.59. The summed E-state index contributed by atoms with van der Waals surface area (Å²) in [5.74, 6) is -1.28. The number of carbonyl (C=O) groups excluding carboxylic acids is 1. The highest BCUT2D eigenvalue weighted by molar-refractivity contribution is 5.79. The number of rotatable bonds is 3. The van der Waals surface area contributed by atoms with Crippen molar-refractivity contribution in [2.75, 3.05) is 13.1 Å². The predicted octanol–water partition coefficient (Wildman–Crippen LogP) is 2.08. The molecule has 1 saturated carbocycles. The first-order valence-electron chi connectivity index (χ1n) is 7.25. The minimum atomic E-state index is -0.713. The van der Waals surface area contributed by atoms with Gasteiger partial charge in [-0.25, -0.2) is 4.39 Å². The zero-order chi connectivity index (χ0) is 15.0. The van der Waals surface area contributed by atoms with E-state index in [2.05, 4.69) is 0 Å². The number of benzene rings is 1. The molecule has 4 nitrogen and oxygen atoms in total. The summed E-state index contributed by atoms with van der Waals surface area (Å²) in [6.45, 7) is 1.22. The molecule has 1 spiro atoms. The Morgan fingerprint density at radius 3 is 2.62 bits per heavy atom. The van der Waals surface area contributed by atoms with Gasteiger partial charge in [0.05, 0.1) is 12.3 Å². The fourth-order valence-corrected chi connectivity index (χ4v) is 3.38. The number of aliphatic carboxylic acids is 1. The first-order chi connectivity index (χ1) is 10.00. The Morgan fingerprint density at radius 2 is 2.05 bits per heavy atom. The molecule has 5 heteroatoms. The van der Waals surface area contributed by atoms with Gasteiger partial charge in [0.25, 0.3) is 0 Å². The van der Waals surface area contributed by atoms with Gasteiger partial charge < -0.3 is 10.0 Å². The van der Waals surface area contributed by atoms with Gasteiger partial charge in [0.1, 0.15) is 5.82 Å². The molecule has 0 aromatic heterocycles. The van der Waals surface area contributed by atoms with Gasteiger partial charge in [-0.1, -0.05) is 12.1 Å². The summed E-state index contributed by atoms with van der Waals surface area (Å²) in [7, 11) is 0. The quantitative estimate of drug-likeness (QED) is 0.927. The first-order valence-corrected chi connectivity index (χ1v) is 7.25. The number of likely N-dealkylation sites (tertiary alicyclic amines) is 1. The zero-order valence-electron chi connectivity index (χ0n) is 11.7. The van der Waals surface area contributed by atoms with E-state index >= 15 is 0 Å². The summed E-state index contributed by atoms with van der Waals surface area (Å²) in [6, 6.07) is 6.08. The molecule has 1 amide bonds. The highest BCUT2D eigenvalue weighted by Gasteiger charge is 2.59. The topological polar surface area (TPSA) is 57.6 Å². The van der Waals surface area contributed by atoms with Crippen molar-refractivity contribution in [2.45, 2.75) is 25.7 Å². The van der Waals surface area contributed by atoms with E-state index in [4.69, 9.17) is 5.11 Å². The maximum Gasteiger partial charge on any atom is 0.307 e. The fraction of sp³-hybridized carbons (Fsp3) is 0.500. The van der Waals surface area contributed by atoms with Gasteiger partial charge in [-0.3, -0.25) is 9.59 Å². The minimum Gasteiger partial charge on any atom is -0.481 e. The number of carbonyl (C=O) groups is 2. The number of amides is 1. The molecular weight excluding hydrogens is 273 g/mol. The van der Waals surface area contributed by atoms with Gasteiger partial charge >= 0.3 is 5.97 Å². The molecule has 2 fully saturated rings. The third-order valence-corrected chi connectivity index (χ3v) is 4.84. The maximum absolute atomic E-state index is 13.1. The summed E-state index contributed by atoms with van der Waals surface area (Å²) < 4.78 is 13.1. The molecule has 1 aromatic carbocycles. The van der Waals surface area contributed by atoms with Crippen LogP contribution in [0.3, 0.4) is 0 Å². The summed E-state index contributed by atoms with van der Waals surface area (Å²) in [6.07, 6.45) is 2.47. The number of hydrogen-bond acceptors (Lipinski definition) is 2. The largest absolute Gasteiger partial charge is 0.481 e. The van der Waals surface area contributed by atoms with E-state index in [9.17, 15) is 14.0 Å². The van der Waals surface area contributed by atoms with E-state index in [1.54, 1.807) is 17.0 Å². The molecule has 1 aliphatic heterocycles. The first kappa shape index (κ1) is 14.0. The van der Waals surface area contributed by atoms with E-state index in [0.29, 0.717) is 18.7 Å². The Balaban J connectivity index is 1.55. The molecule has 3 rings (SSSR count). The van der Waals surface area contributed by atoms with Crippen molar-refractivity contribution in [3.63, 3.8) is 0 Å². The van der Waals surface area contributed by atoms with E-state index < -0.39 is 5.97 Å². The lowest BCUT2D eigenvalue weighted by atomic mass is 9.90. The van der Waals surface area contributed by atoms with Crippen molar-refractivity contribution in [3.05, 3.63) is 35.6 Å². The number of nitrogens with zero attached hydrogens (tertiary/aromatic N) is 1. The molecule has 112 valence electrons. The van der Waals surface area contributed by atoms with Crippen molar-refractivity contribution in [1.29, 1.82) is 0 Å². The van der Waals surface area contributed by atoms with Gasteiger partial charge in [-0.2, -0.15) is 0 Å². The van der Waals surface area contributed by atoms with E-state index in [1.165, 1.54) is 12.1 Å². The second kappa shape index (κ2) is 5.13. The monoisotopic (exact) mass is 291 g/mol. The third-order valence-electron chi connectivity index (χ3n) is 4.84. The maximum atomic E-state index is 13.1. The summed E-state index contributed by atoms with van der Waals surface area (Å²) in [5, 5.41) is 9.05. The van der Waals surface area contributed by atoms with Crippen molar-refractivity contribution < 1.29 is 19.1 Å². The second-order valence-electron chi connectivity index (χ2n) is 6.14. The van der Waals surface area contributed by atoms with Crippen LogP contribution in [0.25, 0.3) is 0 Å². The third kappa shape index (κ3) is 2.77. The van der Waals surface area contributed by atoms with Crippen LogP contribution < -0.4 is 0 Å². The van der Waals surface area contributed by atoms with Crippen LogP contribution in [0.5, 0.6) is 0 Å². The van der Waals surface area contributed by atoms with E-state index in [-0.39, 0.29) is 29.5 Å². The predicted molar refractivity (Wildman–Crippen MR) is 74.1 cm³/mol. The number of halogens is 1. The van der Waals surface area contributed by atoms with Crippen LogP contribution in [-0.2, 0) is 16.0 Å². The van der Waals surface area contributed by atoms with Crippen molar-refractivity contribution >= 4 is 11.9 Å². The van der Waals surface area contributed by atoms with Crippen molar-refractivity contribution in [2.24, 2.45) is 11.3 Å². The summed E-state index contributed by atoms with van der Waals surface area (Å²) in [5.41, 5.74) is 0.608. The number of piperidine rings is 1. The molecule has 1 heterocycles. The molecule has 1 saturated heterocycles. The molecule has 2 aliphatic rings. The van der Waals surface area contributed by atoms with E-state index in [0.717, 1.165) is 19.3 Å². The van der Waals surface area contributed by atoms with Crippen molar-refractivity contribution in [1.82, 2.24) is 4.90 Å². The lowest BCUT2D eigenvalue weighted by Gasteiger charge is -2.32.